The fourth-order valence-corrected chi connectivity index (χ4v) is 4.09. The maximum atomic E-state index is 12.7. The molecular weight excluding hydrogens is 342 g/mol. The smallest absolute Gasteiger partial charge is 0.243 e. The zero-order valence-electron chi connectivity index (χ0n) is 15.1. The molecule has 0 bridgehead atoms. The SMILES string of the molecule is CC(=O)Nc1ccc(S(=O)(=O)N2CCN(C(=O)C(C)(C)C)CC2)cc1. The summed E-state index contributed by atoms with van der Waals surface area (Å²) in [6.07, 6.45) is 0. The van der Waals surface area contributed by atoms with Crippen molar-refractivity contribution in [1.82, 2.24) is 9.21 Å². The number of piperazine rings is 1. The lowest BCUT2D eigenvalue weighted by Crippen LogP contribution is -2.52. The maximum Gasteiger partial charge on any atom is 0.243 e. The highest BCUT2D eigenvalue weighted by Crippen LogP contribution is 2.22. The summed E-state index contributed by atoms with van der Waals surface area (Å²) in [6, 6.07) is 6.09. The normalized spacial score (nSPS) is 16.6. The van der Waals surface area contributed by atoms with Crippen LogP contribution in [-0.4, -0.2) is 55.6 Å². The molecule has 7 nitrogen and oxygen atoms in total. The highest BCUT2D eigenvalue weighted by Gasteiger charge is 2.33. The summed E-state index contributed by atoms with van der Waals surface area (Å²) in [7, 11) is -3.61. The molecule has 1 saturated heterocycles. The lowest BCUT2D eigenvalue weighted by atomic mass is 9.94. The molecule has 0 atom stereocenters. The Morgan fingerprint density at radius 1 is 1.00 bits per heavy atom. The summed E-state index contributed by atoms with van der Waals surface area (Å²) >= 11 is 0. The van der Waals surface area contributed by atoms with E-state index in [2.05, 4.69) is 5.32 Å². The molecule has 0 saturated carbocycles. The molecule has 1 aromatic carbocycles. The standard InChI is InChI=1S/C17H25N3O4S/c1-13(21)18-14-5-7-15(8-6-14)25(23,24)20-11-9-19(10-12-20)16(22)17(2,3)4/h5-8H,9-12H2,1-4H3,(H,18,21). The third-order valence-electron chi connectivity index (χ3n) is 3.98. The third kappa shape index (κ3) is 4.58. The zero-order chi connectivity index (χ0) is 18.8. The second-order valence-electron chi connectivity index (χ2n) is 7.15. The van der Waals surface area contributed by atoms with E-state index < -0.39 is 15.4 Å². The van der Waals surface area contributed by atoms with Crippen LogP contribution in [-0.2, 0) is 19.6 Å². The van der Waals surface area contributed by atoms with E-state index in [0.717, 1.165) is 0 Å². The Hall–Kier alpha value is -1.93. The number of hydrogen-bond acceptors (Lipinski definition) is 4. The van der Waals surface area contributed by atoms with Gasteiger partial charge < -0.3 is 10.2 Å². The number of nitrogens with zero attached hydrogens (tertiary/aromatic N) is 2. The van der Waals surface area contributed by atoms with Crippen LogP contribution in [0.25, 0.3) is 0 Å². The molecule has 1 fully saturated rings. The van der Waals surface area contributed by atoms with Gasteiger partial charge in [-0.15, -0.1) is 0 Å². The summed E-state index contributed by atoms with van der Waals surface area (Å²) in [5.74, 6) is -0.181. The topological polar surface area (TPSA) is 86.8 Å². The molecule has 1 N–H and O–H groups in total. The Morgan fingerprint density at radius 2 is 1.52 bits per heavy atom. The van der Waals surface area contributed by atoms with Crippen molar-refractivity contribution >= 4 is 27.5 Å². The van der Waals surface area contributed by atoms with Gasteiger partial charge in [0.15, 0.2) is 0 Å². The molecule has 8 heteroatoms. The van der Waals surface area contributed by atoms with Gasteiger partial charge in [0.25, 0.3) is 0 Å². The molecule has 138 valence electrons. The number of carbonyl (C=O) groups excluding carboxylic acids is 2. The van der Waals surface area contributed by atoms with Crippen molar-refractivity contribution in [2.24, 2.45) is 5.41 Å². The predicted octanol–water partition coefficient (Wildman–Crippen LogP) is 1.52. The summed E-state index contributed by atoms with van der Waals surface area (Å²) in [5, 5.41) is 2.60. The minimum atomic E-state index is -3.61. The first-order valence-electron chi connectivity index (χ1n) is 8.19. The number of carbonyl (C=O) groups is 2. The first-order valence-corrected chi connectivity index (χ1v) is 9.63. The molecule has 1 aromatic rings. The van der Waals surface area contributed by atoms with Crippen LogP contribution >= 0.6 is 0 Å². The monoisotopic (exact) mass is 367 g/mol. The summed E-state index contributed by atoms with van der Waals surface area (Å²) in [4.78, 5) is 25.2. The van der Waals surface area contributed by atoms with E-state index in [-0.39, 0.29) is 29.8 Å². The minimum absolute atomic E-state index is 0.0317. The summed E-state index contributed by atoms with van der Waals surface area (Å²) < 4.78 is 26.9. The molecule has 25 heavy (non-hydrogen) atoms. The highest BCUT2D eigenvalue weighted by atomic mass is 32.2. The fourth-order valence-electron chi connectivity index (χ4n) is 2.67. The average molecular weight is 367 g/mol. The number of sulfonamides is 1. The maximum absolute atomic E-state index is 12.7. The molecule has 0 aromatic heterocycles. The summed E-state index contributed by atoms with van der Waals surface area (Å²) in [6.45, 7) is 8.29. The van der Waals surface area contributed by atoms with Crippen LogP contribution in [0, 0.1) is 5.41 Å². The molecular formula is C17H25N3O4S. The van der Waals surface area contributed by atoms with Gasteiger partial charge in [-0.25, -0.2) is 8.42 Å². The second kappa shape index (κ2) is 7.13. The van der Waals surface area contributed by atoms with E-state index in [1.54, 1.807) is 17.0 Å². The van der Waals surface area contributed by atoms with Gasteiger partial charge >= 0.3 is 0 Å². The van der Waals surface area contributed by atoms with Gasteiger partial charge in [0.2, 0.25) is 21.8 Å². The van der Waals surface area contributed by atoms with E-state index in [4.69, 9.17) is 0 Å². The van der Waals surface area contributed by atoms with Crippen LogP contribution in [0.15, 0.2) is 29.2 Å². The van der Waals surface area contributed by atoms with Gasteiger partial charge in [0.05, 0.1) is 4.90 Å². The van der Waals surface area contributed by atoms with Crippen LogP contribution in [0.4, 0.5) is 5.69 Å². The van der Waals surface area contributed by atoms with Gasteiger partial charge in [-0.1, -0.05) is 20.8 Å². The molecule has 1 heterocycles. The first kappa shape index (κ1) is 19.4. The Morgan fingerprint density at radius 3 is 1.96 bits per heavy atom. The Kier molecular flexibility index (Phi) is 5.53. The number of rotatable bonds is 3. The fraction of sp³-hybridized carbons (Fsp3) is 0.529. The lowest BCUT2D eigenvalue weighted by Gasteiger charge is -2.37. The van der Waals surface area contributed by atoms with Crippen LogP contribution < -0.4 is 5.32 Å². The number of benzene rings is 1. The van der Waals surface area contributed by atoms with Crippen LogP contribution in [0.1, 0.15) is 27.7 Å². The van der Waals surface area contributed by atoms with Crippen LogP contribution in [0.5, 0.6) is 0 Å². The number of hydrogen-bond donors (Lipinski definition) is 1. The average Bonchev–Trinajstić information content (AvgIpc) is 2.53. The third-order valence-corrected chi connectivity index (χ3v) is 5.89. The van der Waals surface area contributed by atoms with Crippen LogP contribution in [0.3, 0.4) is 0 Å². The Balaban J connectivity index is 2.06. The van der Waals surface area contributed by atoms with E-state index in [1.165, 1.54) is 23.4 Å². The first-order chi connectivity index (χ1) is 11.5. The van der Waals surface area contributed by atoms with E-state index >= 15 is 0 Å². The quantitative estimate of drug-likeness (QED) is 0.878. The van der Waals surface area contributed by atoms with Crippen LogP contribution in [0.2, 0.25) is 0 Å². The molecule has 2 rings (SSSR count). The van der Waals surface area contributed by atoms with Gasteiger partial charge in [-0.3, -0.25) is 9.59 Å². The Labute approximate surface area is 149 Å². The Bertz CT molecular complexity index is 743. The van der Waals surface area contributed by atoms with Gasteiger partial charge in [-0.05, 0) is 24.3 Å². The number of anilines is 1. The van der Waals surface area contributed by atoms with E-state index in [1.807, 2.05) is 20.8 Å². The van der Waals surface area contributed by atoms with E-state index in [0.29, 0.717) is 18.8 Å². The minimum Gasteiger partial charge on any atom is -0.340 e. The van der Waals surface area contributed by atoms with Crippen molar-refractivity contribution in [3.05, 3.63) is 24.3 Å². The lowest BCUT2D eigenvalue weighted by molar-refractivity contribution is -0.140. The highest BCUT2D eigenvalue weighted by molar-refractivity contribution is 7.89. The predicted molar refractivity (Wildman–Crippen MR) is 95.5 cm³/mol. The largest absolute Gasteiger partial charge is 0.340 e. The van der Waals surface area contributed by atoms with Gasteiger partial charge in [0, 0.05) is 44.2 Å². The molecule has 1 aliphatic rings. The molecule has 0 spiro atoms. The van der Waals surface area contributed by atoms with Crippen molar-refractivity contribution in [3.63, 3.8) is 0 Å². The van der Waals surface area contributed by atoms with Crippen molar-refractivity contribution in [1.29, 1.82) is 0 Å². The van der Waals surface area contributed by atoms with Gasteiger partial charge in [0.1, 0.15) is 0 Å². The molecule has 0 unspecified atom stereocenters. The summed E-state index contributed by atoms with van der Waals surface area (Å²) in [5.41, 5.74) is 0.0765. The molecule has 2 amide bonds. The van der Waals surface area contributed by atoms with E-state index in [9.17, 15) is 18.0 Å². The van der Waals surface area contributed by atoms with Crippen molar-refractivity contribution in [3.8, 4) is 0 Å². The number of amides is 2. The molecule has 1 aliphatic heterocycles. The molecule has 0 radical (unpaired) electrons. The molecule has 0 aliphatic carbocycles. The zero-order valence-corrected chi connectivity index (χ0v) is 15.9. The van der Waals surface area contributed by atoms with Gasteiger partial charge in [-0.2, -0.15) is 4.31 Å². The van der Waals surface area contributed by atoms with Crippen molar-refractivity contribution in [2.45, 2.75) is 32.6 Å². The van der Waals surface area contributed by atoms with Crippen molar-refractivity contribution in [2.75, 3.05) is 31.5 Å². The van der Waals surface area contributed by atoms with Crippen molar-refractivity contribution < 1.29 is 18.0 Å². The number of nitrogens with one attached hydrogen (secondary N) is 1. The second-order valence-corrected chi connectivity index (χ2v) is 9.09.